The van der Waals surface area contributed by atoms with Gasteiger partial charge in [-0.2, -0.15) is 0 Å². The van der Waals surface area contributed by atoms with E-state index in [9.17, 15) is 15.0 Å². The molecule has 0 fully saturated rings. The van der Waals surface area contributed by atoms with E-state index in [0.717, 1.165) is 25.8 Å². The quantitative estimate of drug-likeness (QED) is 0.0915. The minimum Gasteiger partial charge on any atom is -1.00 e. The van der Waals surface area contributed by atoms with Crippen molar-refractivity contribution >= 4 is 5.91 Å². The number of quaternary nitrogens is 1. The molecule has 0 saturated heterocycles. The molecule has 4 N–H and O–H groups in total. The molecule has 0 spiro atoms. The molecule has 0 aromatic heterocycles. The number of hydrogen-bond donors (Lipinski definition) is 4. The van der Waals surface area contributed by atoms with Crippen molar-refractivity contribution in [1.29, 1.82) is 0 Å². The summed E-state index contributed by atoms with van der Waals surface area (Å²) < 4.78 is 5.86. The minimum atomic E-state index is -0.905. The van der Waals surface area contributed by atoms with Crippen molar-refractivity contribution in [3.63, 3.8) is 0 Å². The maximum absolute atomic E-state index is 12.1. The van der Waals surface area contributed by atoms with Crippen molar-refractivity contribution in [1.82, 2.24) is 5.32 Å². The van der Waals surface area contributed by atoms with Crippen LogP contribution in [0.1, 0.15) is 116 Å². The van der Waals surface area contributed by atoms with Gasteiger partial charge in [-0.1, -0.05) is 96.8 Å². The van der Waals surface area contributed by atoms with Crippen LogP contribution in [0.3, 0.4) is 0 Å². The second kappa shape index (κ2) is 27.1. The summed E-state index contributed by atoms with van der Waals surface area (Å²) in [4.78, 5) is 12.1. The molecule has 0 radical (unpaired) electrons. The van der Waals surface area contributed by atoms with E-state index in [4.69, 9.17) is 9.84 Å². The Bertz CT molecular complexity index is 497. The third-order valence-electron chi connectivity index (χ3n) is 6.81. The van der Waals surface area contributed by atoms with Crippen molar-refractivity contribution in [2.45, 2.75) is 128 Å². The number of carbonyl (C=O) groups excluding carboxylic acids is 1. The second-order valence-corrected chi connectivity index (χ2v) is 11.3. The van der Waals surface area contributed by atoms with Crippen LogP contribution >= 0.6 is 0 Å². The highest BCUT2D eigenvalue weighted by molar-refractivity contribution is 5.75. The number of rotatable bonds is 27. The number of amides is 1. The third-order valence-corrected chi connectivity index (χ3v) is 6.81. The fourth-order valence-corrected chi connectivity index (χ4v) is 4.59. The van der Waals surface area contributed by atoms with Crippen LogP contribution in [0.25, 0.3) is 0 Å². The topological polar surface area (TPSA) is 99.0 Å². The summed E-state index contributed by atoms with van der Waals surface area (Å²) in [5.41, 5.74) is 0. The van der Waals surface area contributed by atoms with Crippen LogP contribution in [0.15, 0.2) is 0 Å². The van der Waals surface area contributed by atoms with Crippen LogP contribution in [-0.2, 0) is 9.53 Å². The molecule has 0 aliphatic rings. The number of likely N-dealkylation sites (N-methyl/N-ethyl adjacent to an activating group) is 1. The lowest BCUT2D eigenvalue weighted by Crippen LogP contribution is -3.00. The highest BCUT2D eigenvalue weighted by Gasteiger charge is 2.20. The monoisotopic (exact) mass is 552 g/mol. The van der Waals surface area contributed by atoms with Crippen LogP contribution < -0.4 is 17.7 Å². The van der Waals surface area contributed by atoms with E-state index in [1.165, 1.54) is 83.5 Å². The van der Waals surface area contributed by atoms with Gasteiger partial charge in [-0.3, -0.25) is 4.79 Å². The molecular formula is C29H61ClN2O5. The van der Waals surface area contributed by atoms with Crippen LogP contribution in [0.5, 0.6) is 0 Å². The number of aliphatic hydroxyl groups excluding tert-OH is 3. The summed E-state index contributed by atoms with van der Waals surface area (Å²) in [6, 6.07) is 0. The summed E-state index contributed by atoms with van der Waals surface area (Å²) >= 11 is 0. The Hall–Kier alpha value is -0.440. The van der Waals surface area contributed by atoms with E-state index < -0.39 is 12.2 Å². The number of halogens is 1. The second-order valence-electron chi connectivity index (χ2n) is 11.3. The normalized spacial score (nSPS) is 13.2. The highest BCUT2D eigenvalue weighted by Crippen LogP contribution is 2.13. The Morgan fingerprint density at radius 3 is 1.70 bits per heavy atom. The SMILES string of the molecule is CCCCCCCCCCCCCCCCCC(=O)NCCC[N+](C)(C)CC(O)COCC(O)CO.[Cl-]. The minimum absolute atomic E-state index is 0. The van der Waals surface area contributed by atoms with E-state index in [0.29, 0.717) is 24.0 Å². The first kappa shape index (κ1) is 38.7. The molecule has 0 aliphatic carbocycles. The van der Waals surface area contributed by atoms with E-state index in [1.54, 1.807) is 0 Å². The number of nitrogens with one attached hydrogen (secondary N) is 1. The fourth-order valence-electron chi connectivity index (χ4n) is 4.59. The maximum Gasteiger partial charge on any atom is 0.219 e. The standard InChI is InChI=1S/C29H60N2O5.ClH/c1-4-5-6-7-8-9-10-11-12-13-14-15-16-17-18-20-29(35)30-21-19-22-31(2,3)23-27(33)25-36-26-28(34)24-32;/h27-28,32-34H,4-26H2,1-3H3;1H. The molecule has 1 amide bonds. The van der Waals surface area contributed by atoms with Crippen LogP contribution in [-0.4, -0.2) is 91.5 Å². The molecule has 2 atom stereocenters. The zero-order valence-corrected chi connectivity index (χ0v) is 25.2. The third kappa shape index (κ3) is 28.4. The summed E-state index contributed by atoms with van der Waals surface area (Å²) in [5.74, 6) is 0.144. The zero-order chi connectivity index (χ0) is 26.9. The van der Waals surface area contributed by atoms with Gasteiger partial charge in [0.2, 0.25) is 5.91 Å². The Balaban J connectivity index is 0. The van der Waals surface area contributed by atoms with E-state index in [-0.39, 0.29) is 38.1 Å². The van der Waals surface area contributed by atoms with Crippen LogP contribution in [0, 0.1) is 0 Å². The molecule has 37 heavy (non-hydrogen) atoms. The smallest absolute Gasteiger partial charge is 0.219 e. The highest BCUT2D eigenvalue weighted by atomic mass is 35.5. The molecule has 0 rings (SSSR count). The molecule has 0 bridgehead atoms. The Morgan fingerprint density at radius 1 is 0.757 bits per heavy atom. The predicted octanol–water partition coefficient (Wildman–Crippen LogP) is 1.57. The number of hydrogen-bond acceptors (Lipinski definition) is 5. The van der Waals surface area contributed by atoms with Gasteiger partial charge in [0, 0.05) is 19.4 Å². The first-order valence-corrected chi connectivity index (χ1v) is 14.9. The van der Waals surface area contributed by atoms with Gasteiger partial charge in [0.05, 0.1) is 40.5 Å². The maximum atomic E-state index is 12.1. The van der Waals surface area contributed by atoms with Gasteiger partial charge in [-0.05, 0) is 6.42 Å². The van der Waals surface area contributed by atoms with Gasteiger partial charge in [0.15, 0.2) is 0 Å². The summed E-state index contributed by atoms with van der Waals surface area (Å²) in [7, 11) is 4.09. The summed E-state index contributed by atoms with van der Waals surface area (Å²) in [6.45, 7) is 4.12. The molecule has 2 unspecified atom stereocenters. The van der Waals surface area contributed by atoms with Crippen molar-refractivity contribution < 1.29 is 41.7 Å². The molecular weight excluding hydrogens is 492 g/mol. The average molecular weight is 553 g/mol. The predicted molar refractivity (Wildman–Crippen MR) is 149 cm³/mol. The van der Waals surface area contributed by atoms with E-state index in [2.05, 4.69) is 12.2 Å². The zero-order valence-electron chi connectivity index (χ0n) is 24.4. The lowest BCUT2D eigenvalue weighted by atomic mass is 10.0. The molecule has 0 aromatic carbocycles. The number of nitrogens with zero attached hydrogens (tertiary/aromatic N) is 1. The number of aliphatic hydroxyl groups is 3. The van der Waals surface area contributed by atoms with Crippen molar-refractivity contribution in [3.05, 3.63) is 0 Å². The van der Waals surface area contributed by atoms with Gasteiger partial charge in [-0.15, -0.1) is 0 Å². The van der Waals surface area contributed by atoms with Gasteiger partial charge in [0.25, 0.3) is 0 Å². The molecule has 0 aliphatic heterocycles. The number of carbonyl (C=O) groups is 1. The fraction of sp³-hybridized carbons (Fsp3) is 0.966. The molecule has 0 saturated carbocycles. The van der Waals surface area contributed by atoms with Crippen LogP contribution in [0.2, 0.25) is 0 Å². The van der Waals surface area contributed by atoms with Crippen molar-refractivity contribution in [2.24, 2.45) is 0 Å². The largest absolute Gasteiger partial charge is 1.00 e. The number of unbranched alkanes of at least 4 members (excludes halogenated alkanes) is 14. The van der Waals surface area contributed by atoms with E-state index in [1.807, 2.05) is 14.1 Å². The summed E-state index contributed by atoms with van der Waals surface area (Å²) in [6.07, 6.45) is 19.9. The molecule has 224 valence electrons. The molecule has 0 aromatic rings. The van der Waals surface area contributed by atoms with Crippen molar-refractivity contribution in [2.75, 3.05) is 53.6 Å². The van der Waals surface area contributed by atoms with Gasteiger partial charge >= 0.3 is 0 Å². The average Bonchev–Trinajstić information content (AvgIpc) is 2.83. The Labute approximate surface area is 234 Å². The van der Waals surface area contributed by atoms with Crippen LogP contribution in [0.4, 0.5) is 0 Å². The molecule has 8 heteroatoms. The first-order chi connectivity index (χ1) is 17.3. The Morgan fingerprint density at radius 2 is 1.22 bits per heavy atom. The summed E-state index contributed by atoms with van der Waals surface area (Å²) in [5, 5.41) is 31.2. The van der Waals surface area contributed by atoms with Gasteiger partial charge in [-0.25, -0.2) is 0 Å². The lowest BCUT2D eigenvalue weighted by molar-refractivity contribution is -0.893. The van der Waals surface area contributed by atoms with E-state index >= 15 is 0 Å². The lowest BCUT2D eigenvalue weighted by Gasteiger charge is -2.32. The van der Waals surface area contributed by atoms with Crippen molar-refractivity contribution in [3.8, 4) is 0 Å². The number of ether oxygens (including phenoxy) is 1. The molecule has 0 heterocycles. The van der Waals surface area contributed by atoms with Gasteiger partial charge in [0.1, 0.15) is 18.8 Å². The molecule has 7 nitrogen and oxygen atoms in total. The first-order valence-electron chi connectivity index (χ1n) is 14.9. The Kier molecular flexibility index (Phi) is 28.4. The van der Waals surface area contributed by atoms with Gasteiger partial charge < -0.3 is 42.3 Å².